The van der Waals surface area contributed by atoms with Crippen molar-refractivity contribution in [3.05, 3.63) is 35.4 Å². The van der Waals surface area contributed by atoms with Crippen LogP contribution >= 0.6 is 0 Å². The fourth-order valence-electron chi connectivity index (χ4n) is 2.69. The number of nitrogens with one attached hydrogen (secondary N) is 1. The van der Waals surface area contributed by atoms with E-state index in [4.69, 9.17) is 4.74 Å². The number of ether oxygens (including phenoxy) is 1. The molecular formula is C16H26N2O. The number of hydrogen-bond acceptors (Lipinski definition) is 3. The van der Waals surface area contributed by atoms with E-state index in [-0.39, 0.29) is 0 Å². The van der Waals surface area contributed by atoms with Gasteiger partial charge in [0.1, 0.15) is 0 Å². The lowest BCUT2D eigenvalue weighted by Gasteiger charge is -2.32. The van der Waals surface area contributed by atoms with Gasteiger partial charge in [-0.3, -0.25) is 0 Å². The van der Waals surface area contributed by atoms with Gasteiger partial charge in [0.25, 0.3) is 0 Å². The Kier molecular flexibility index (Phi) is 5.83. The first-order valence-corrected chi connectivity index (χ1v) is 7.34. The second-order valence-corrected chi connectivity index (χ2v) is 5.36. The zero-order chi connectivity index (χ0) is 13.5. The van der Waals surface area contributed by atoms with E-state index in [0.29, 0.717) is 12.6 Å². The molecule has 0 saturated carbocycles. The maximum Gasteiger partial charge on any atom is 0.0713 e. The topological polar surface area (TPSA) is 24.5 Å². The first-order chi connectivity index (χ1) is 9.31. The Morgan fingerprint density at radius 2 is 2.00 bits per heavy atom. The molecule has 0 spiro atoms. The van der Waals surface area contributed by atoms with Gasteiger partial charge in [-0.05, 0) is 37.1 Å². The molecule has 0 amide bonds. The molecule has 3 heteroatoms. The lowest BCUT2D eigenvalue weighted by Crippen LogP contribution is -2.45. The van der Waals surface area contributed by atoms with Crippen LogP contribution in [0.15, 0.2) is 24.3 Å². The quantitative estimate of drug-likeness (QED) is 0.852. The van der Waals surface area contributed by atoms with Crippen LogP contribution in [0.2, 0.25) is 0 Å². The van der Waals surface area contributed by atoms with Crippen LogP contribution in [-0.4, -0.2) is 37.7 Å². The molecule has 0 radical (unpaired) electrons. The van der Waals surface area contributed by atoms with Crippen LogP contribution in [0.25, 0.3) is 0 Å². The van der Waals surface area contributed by atoms with Crippen LogP contribution < -0.4 is 5.32 Å². The summed E-state index contributed by atoms with van der Waals surface area (Å²) in [5.41, 5.74) is 2.59. The highest BCUT2D eigenvalue weighted by atomic mass is 16.5. The van der Waals surface area contributed by atoms with E-state index in [1.165, 1.54) is 43.6 Å². The minimum Gasteiger partial charge on any atom is -0.380 e. The van der Waals surface area contributed by atoms with Crippen molar-refractivity contribution in [1.29, 1.82) is 0 Å². The first-order valence-electron chi connectivity index (χ1n) is 7.34. The van der Waals surface area contributed by atoms with Gasteiger partial charge in [-0.15, -0.1) is 0 Å². The van der Waals surface area contributed by atoms with Gasteiger partial charge in [0.2, 0.25) is 0 Å². The molecule has 3 nitrogen and oxygen atoms in total. The van der Waals surface area contributed by atoms with Gasteiger partial charge < -0.3 is 15.0 Å². The van der Waals surface area contributed by atoms with Gasteiger partial charge in [0, 0.05) is 26.2 Å². The molecule has 1 atom stereocenters. The fraction of sp³-hybridized carbons (Fsp3) is 0.625. The highest BCUT2D eigenvalue weighted by molar-refractivity contribution is 5.22. The van der Waals surface area contributed by atoms with Gasteiger partial charge >= 0.3 is 0 Å². The third-order valence-electron chi connectivity index (χ3n) is 3.88. The lowest BCUT2D eigenvalue weighted by atomic mass is 10.1. The Hall–Kier alpha value is -0.900. The third-order valence-corrected chi connectivity index (χ3v) is 3.88. The SMILES string of the molecule is CCN1CCCC(NCc2ccc(COC)cc2)C1. The van der Waals surface area contributed by atoms with Gasteiger partial charge in [-0.1, -0.05) is 31.2 Å². The Labute approximate surface area is 116 Å². The Morgan fingerprint density at radius 1 is 1.26 bits per heavy atom. The van der Waals surface area contributed by atoms with E-state index in [1.54, 1.807) is 7.11 Å². The molecule has 1 aliphatic heterocycles. The van der Waals surface area contributed by atoms with Crippen molar-refractivity contribution in [3.63, 3.8) is 0 Å². The largest absolute Gasteiger partial charge is 0.380 e. The maximum absolute atomic E-state index is 5.13. The summed E-state index contributed by atoms with van der Waals surface area (Å²) < 4.78 is 5.13. The Bertz CT molecular complexity index is 364. The zero-order valence-electron chi connectivity index (χ0n) is 12.2. The smallest absolute Gasteiger partial charge is 0.0713 e. The number of likely N-dealkylation sites (tertiary alicyclic amines) is 1. The molecule has 19 heavy (non-hydrogen) atoms. The van der Waals surface area contributed by atoms with Gasteiger partial charge in [0.05, 0.1) is 6.61 Å². The number of likely N-dealkylation sites (N-methyl/N-ethyl adjacent to an activating group) is 1. The second kappa shape index (κ2) is 7.63. The second-order valence-electron chi connectivity index (χ2n) is 5.36. The molecule has 2 rings (SSSR count). The predicted molar refractivity (Wildman–Crippen MR) is 79.1 cm³/mol. The molecule has 1 aromatic carbocycles. The number of methoxy groups -OCH3 is 1. The molecule has 106 valence electrons. The van der Waals surface area contributed by atoms with E-state index >= 15 is 0 Å². The summed E-state index contributed by atoms with van der Waals surface area (Å²) in [4.78, 5) is 2.53. The summed E-state index contributed by atoms with van der Waals surface area (Å²) in [5, 5.41) is 3.68. The van der Waals surface area contributed by atoms with Crippen LogP contribution in [0, 0.1) is 0 Å². The standard InChI is InChI=1S/C16H26N2O/c1-3-18-10-4-5-16(12-18)17-11-14-6-8-15(9-7-14)13-19-2/h6-9,16-17H,3-5,10-13H2,1-2H3. The lowest BCUT2D eigenvalue weighted by molar-refractivity contribution is 0.185. The van der Waals surface area contributed by atoms with Crippen molar-refractivity contribution in [2.45, 2.75) is 39.0 Å². The normalized spacial score (nSPS) is 20.6. The van der Waals surface area contributed by atoms with Crippen LogP contribution in [-0.2, 0) is 17.9 Å². The summed E-state index contributed by atoms with van der Waals surface area (Å²) >= 11 is 0. The molecule has 0 bridgehead atoms. The van der Waals surface area contributed by atoms with Crippen molar-refractivity contribution in [2.75, 3.05) is 26.7 Å². The van der Waals surface area contributed by atoms with Gasteiger partial charge in [-0.25, -0.2) is 0 Å². The molecule has 1 saturated heterocycles. The van der Waals surface area contributed by atoms with Gasteiger partial charge in [-0.2, -0.15) is 0 Å². The number of benzene rings is 1. The number of piperidine rings is 1. The Balaban J connectivity index is 1.78. The molecule has 0 aliphatic carbocycles. The molecule has 1 aromatic rings. The van der Waals surface area contributed by atoms with Crippen molar-refractivity contribution in [1.82, 2.24) is 10.2 Å². The number of hydrogen-bond donors (Lipinski definition) is 1. The van der Waals surface area contributed by atoms with Crippen LogP contribution in [0.5, 0.6) is 0 Å². The van der Waals surface area contributed by atoms with Gasteiger partial charge in [0.15, 0.2) is 0 Å². The van der Waals surface area contributed by atoms with Crippen LogP contribution in [0.1, 0.15) is 30.9 Å². The number of rotatable bonds is 6. The fourth-order valence-corrected chi connectivity index (χ4v) is 2.69. The average Bonchev–Trinajstić information content (AvgIpc) is 2.47. The molecule has 0 aromatic heterocycles. The zero-order valence-corrected chi connectivity index (χ0v) is 12.2. The van der Waals surface area contributed by atoms with Crippen molar-refractivity contribution >= 4 is 0 Å². The van der Waals surface area contributed by atoms with Crippen molar-refractivity contribution in [2.24, 2.45) is 0 Å². The van der Waals surface area contributed by atoms with Crippen LogP contribution in [0.3, 0.4) is 0 Å². The highest BCUT2D eigenvalue weighted by Gasteiger charge is 2.17. The highest BCUT2D eigenvalue weighted by Crippen LogP contribution is 2.11. The van der Waals surface area contributed by atoms with E-state index in [1.807, 2.05) is 0 Å². The summed E-state index contributed by atoms with van der Waals surface area (Å²) in [7, 11) is 1.73. The monoisotopic (exact) mass is 262 g/mol. The minimum atomic E-state index is 0.646. The summed E-state index contributed by atoms with van der Waals surface area (Å²) in [6, 6.07) is 9.34. The first kappa shape index (κ1) is 14.5. The van der Waals surface area contributed by atoms with Crippen LogP contribution in [0.4, 0.5) is 0 Å². The van der Waals surface area contributed by atoms with E-state index < -0.39 is 0 Å². The molecule has 1 fully saturated rings. The van der Waals surface area contributed by atoms with E-state index in [9.17, 15) is 0 Å². The van der Waals surface area contributed by atoms with Crippen molar-refractivity contribution < 1.29 is 4.74 Å². The number of nitrogens with zero attached hydrogens (tertiary/aromatic N) is 1. The summed E-state index contributed by atoms with van der Waals surface area (Å²) in [5.74, 6) is 0. The molecular weight excluding hydrogens is 236 g/mol. The molecule has 1 unspecified atom stereocenters. The molecule has 1 heterocycles. The minimum absolute atomic E-state index is 0.646. The Morgan fingerprint density at radius 3 is 2.68 bits per heavy atom. The van der Waals surface area contributed by atoms with E-state index in [0.717, 1.165) is 6.54 Å². The molecule has 1 aliphatic rings. The average molecular weight is 262 g/mol. The predicted octanol–water partition coefficient (Wildman–Crippen LogP) is 2.41. The van der Waals surface area contributed by atoms with Crippen molar-refractivity contribution in [3.8, 4) is 0 Å². The summed E-state index contributed by atoms with van der Waals surface area (Å²) in [6.45, 7) is 7.54. The summed E-state index contributed by atoms with van der Waals surface area (Å²) in [6.07, 6.45) is 2.62. The third kappa shape index (κ3) is 4.60. The molecule has 1 N–H and O–H groups in total. The van der Waals surface area contributed by atoms with E-state index in [2.05, 4.69) is 41.4 Å². The maximum atomic E-state index is 5.13.